The molecule has 0 aromatic rings. The number of aliphatic hydroxyl groups excluding tert-OH is 3. The van der Waals surface area contributed by atoms with Crippen molar-refractivity contribution in [2.75, 3.05) is 6.61 Å². The Kier molecular flexibility index (Phi) is 5.12. The highest BCUT2D eigenvalue weighted by Crippen LogP contribution is 2.05. The van der Waals surface area contributed by atoms with E-state index in [-0.39, 0.29) is 6.29 Å². The van der Waals surface area contributed by atoms with Crippen molar-refractivity contribution in [3.8, 4) is 0 Å². The molecular weight excluding hydrogens is 220 g/mol. The van der Waals surface area contributed by atoms with Crippen LogP contribution >= 0.6 is 0 Å². The van der Waals surface area contributed by atoms with Gasteiger partial charge in [0.05, 0.1) is 6.61 Å². The van der Waals surface area contributed by atoms with E-state index < -0.39 is 35.3 Å². The van der Waals surface area contributed by atoms with Crippen LogP contribution in [0, 0.1) is 0 Å². The van der Waals surface area contributed by atoms with Gasteiger partial charge in [-0.25, -0.2) is 4.18 Å². The molecule has 0 rings (SSSR count). The molecule has 0 amide bonds. The maximum absolute atomic E-state index is 10.2. The van der Waals surface area contributed by atoms with Crippen LogP contribution in [-0.4, -0.2) is 59.5 Å². The Morgan fingerprint density at radius 2 is 1.86 bits per heavy atom. The first-order chi connectivity index (χ1) is 6.31. The molecule has 0 saturated carbocycles. The van der Waals surface area contributed by atoms with Gasteiger partial charge < -0.3 is 20.1 Å². The van der Waals surface area contributed by atoms with E-state index in [9.17, 15) is 13.2 Å². The molecule has 0 aromatic heterocycles. The van der Waals surface area contributed by atoms with E-state index >= 15 is 0 Å². The predicted octanol–water partition coefficient (Wildman–Crippen LogP) is -2.91. The Balaban J connectivity index is 4.49. The fourth-order valence-electron chi connectivity index (χ4n) is 0.627. The fourth-order valence-corrected chi connectivity index (χ4v) is 1.07. The van der Waals surface area contributed by atoms with Crippen LogP contribution in [0.25, 0.3) is 0 Å². The molecule has 8 nitrogen and oxygen atoms in total. The average Bonchev–Trinajstić information content (AvgIpc) is 2.10. The van der Waals surface area contributed by atoms with Crippen LogP contribution in [0.5, 0.6) is 0 Å². The zero-order chi connectivity index (χ0) is 11.4. The molecule has 0 fully saturated rings. The molecule has 0 spiro atoms. The number of rotatable bonds is 6. The summed E-state index contributed by atoms with van der Waals surface area (Å²) in [5.74, 6) is 0. The summed E-state index contributed by atoms with van der Waals surface area (Å²) in [5.41, 5.74) is 0. The van der Waals surface area contributed by atoms with Gasteiger partial charge in [0, 0.05) is 0 Å². The standard InChI is InChI=1S/C5H10O8S/c6-1-3(8)5(9)4(2-7)13-14(10,11)12/h2-6,8-9H,1H2,(H,10,11,12)/t3-,4+,5+/m1/s1. The van der Waals surface area contributed by atoms with Crippen molar-refractivity contribution in [1.82, 2.24) is 0 Å². The number of carbonyl (C=O) groups is 1. The second-order valence-corrected chi connectivity index (χ2v) is 3.41. The molecule has 14 heavy (non-hydrogen) atoms. The van der Waals surface area contributed by atoms with E-state index in [0.717, 1.165) is 0 Å². The van der Waals surface area contributed by atoms with Crippen LogP contribution in [0.2, 0.25) is 0 Å². The molecule has 0 aliphatic heterocycles. The Morgan fingerprint density at radius 3 is 2.14 bits per heavy atom. The van der Waals surface area contributed by atoms with E-state index in [1.807, 2.05) is 0 Å². The predicted molar refractivity (Wildman–Crippen MR) is 41.6 cm³/mol. The Bertz CT molecular complexity index is 271. The minimum atomic E-state index is -4.91. The van der Waals surface area contributed by atoms with Crippen LogP contribution < -0.4 is 0 Å². The van der Waals surface area contributed by atoms with Gasteiger partial charge in [-0.1, -0.05) is 0 Å². The van der Waals surface area contributed by atoms with Crippen molar-refractivity contribution in [3.63, 3.8) is 0 Å². The molecule has 0 aliphatic rings. The highest BCUT2D eigenvalue weighted by Gasteiger charge is 2.30. The summed E-state index contributed by atoms with van der Waals surface area (Å²) in [5, 5.41) is 26.2. The summed E-state index contributed by atoms with van der Waals surface area (Å²) in [6, 6.07) is 0. The summed E-state index contributed by atoms with van der Waals surface area (Å²) < 4.78 is 32.1. The van der Waals surface area contributed by atoms with Gasteiger partial charge >= 0.3 is 10.4 Å². The Morgan fingerprint density at radius 1 is 1.36 bits per heavy atom. The monoisotopic (exact) mass is 230 g/mol. The zero-order valence-corrected chi connectivity index (χ0v) is 7.66. The molecule has 4 N–H and O–H groups in total. The van der Waals surface area contributed by atoms with Crippen molar-refractivity contribution in [1.29, 1.82) is 0 Å². The molecule has 0 aromatic carbocycles. The summed E-state index contributed by atoms with van der Waals surface area (Å²) >= 11 is 0. The topological polar surface area (TPSA) is 141 Å². The van der Waals surface area contributed by atoms with Crippen LogP contribution in [0.1, 0.15) is 0 Å². The first kappa shape index (κ1) is 13.4. The Labute approximate surface area is 79.7 Å². The smallest absolute Gasteiger partial charge is 0.394 e. The number of hydrogen-bond acceptors (Lipinski definition) is 7. The number of hydrogen-bond donors (Lipinski definition) is 4. The third-order valence-electron chi connectivity index (χ3n) is 1.28. The molecule has 84 valence electrons. The molecule has 3 atom stereocenters. The van der Waals surface area contributed by atoms with E-state index in [0.29, 0.717) is 0 Å². The first-order valence-corrected chi connectivity index (χ1v) is 4.76. The molecule has 0 saturated heterocycles. The second-order valence-electron chi connectivity index (χ2n) is 2.37. The van der Waals surface area contributed by atoms with Crippen LogP contribution in [-0.2, 0) is 19.4 Å². The summed E-state index contributed by atoms with van der Waals surface area (Å²) in [6.45, 7) is -0.889. The quantitative estimate of drug-likeness (QED) is 0.281. The van der Waals surface area contributed by atoms with E-state index in [2.05, 4.69) is 4.18 Å². The number of aldehydes is 1. The highest BCUT2D eigenvalue weighted by molar-refractivity contribution is 7.80. The third kappa shape index (κ3) is 4.60. The summed E-state index contributed by atoms with van der Waals surface area (Å²) in [6.07, 6.45) is -5.78. The molecule has 0 heterocycles. The largest absolute Gasteiger partial charge is 0.398 e. The van der Waals surface area contributed by atoms with Crippen LogP contribution in [0.3, 0.4) is 0 Å². The van der Waals surface area contributed by atoms with Crippen LogP contribution in [0.4, 0.5) is 0 Å². The van der Waals surface area contributed by atoms with E-state index in [1.165, 1.54) is 0 Å². The molecule has 0 unspecified atom stereocenters. The first-order valence-electron chi connectivity index (χ1n) is 3.39. The van der Waals surface area contributed by atoms with Crippen molar-refractivity contribution >= 4 is 16.7 Å². The lowest BCUT2D eigenvalue weighted by molar-refractivity contribution is -0.125. The molecule has 0 aliphatic carbocycles. The van der Waals surface area contributed by atoms with Crippen molar-refractivity contribution in [2.24, 2.45) is 0 Å². The van der Waals surface area contributed by atoms with Gasteiger partial charge in [0.1, 0.15) is 12.2 Å². The van der Waals surface area contributed by atoms with Gasteiger partial charge in [-0.3, -0.25) is 4.55 Å². The van der Waals surface area contributed by atoms with Gasteiger partial charge in [-0.15, -0.1) is 0 Å². The van der Waals surface area contributed by atoms with Gasteiger partial charge in [-0.05, 0) is 0 Å². The van der Waals surface area contributed by atoms with Gasteiger partial charge in [-0.2, -0.15) is 8.42 Å². The summed E-state index contributed by atoms with van der Waals surface area (Å²) in [4.78, 5) is 10.2. The van der Waals surface area contributed by atoms with E-state index in [1.54, 1.807) is 0 Å². The number of carbonyl (C=O) groups excluding carboxylic acids is 1. The van der Waals surface area contributed by atoms with Gasteiger partial charge in [0.25, 0.3) is 0 Å². The minimum Gasteiger partial charge on any atom is -0.394 e. The SMILES string of the molecule is O=C[C@H](OS(=O)(=O)O)[C@@H](O)[C@H](O)CO. The number of aliphatic hydroxyl groups is 3. The van der Waals surface area contributed by atoms with Crippen molar-refractivity contribution in [3.05, 3.63) is 0 Å². The fraction of sp³-hybridized carbons (Fsp3) is 0.800. The Hall–Kier alpha value is -0.580. The minimum absolute atomic E-state index is 0.128. The normalized spacial score (nSPS) is 18.6. The maximum atomic E-state index is 10.2. The molecular formula is C5H10O8S. The van der Waals surface area contributed by atoms with Crippen molar-refractivity contribution < 1.29 is 37.3 Å². The third-order valence-corrected chi connectivity index (χ3v) is 1.75. The van der Waals surface area contributed by atoms with Crippen molar-refractivity contribution in [2.45, 2.75) is 18.3 Å². The zero-order valence-electron chi connectivity index (χ0n) is 6.85. The van der Waals surface area contributed by atoms with Gasteiger partial charge in [0.15, 0.2) is 12.4 Å². The average molecular weight is 230 g/mol. The highest BCUT2D eigenvalue weighted by atomic mass is 32.3. The lowest BCUT2D eigenvalue weighted by Gasteiger charge is -2.19. The second kappa shape index (κ2) is 5.34. The molecule has 9 heteroatoms. The summed E-state index contributed by atoms with van der Waals surface area (Å²) in [7, 11) is -4.91. The molecule has 0 radical (unpaired) electrons. The molecule has 0 bridgehead atoms. The van der Waals surface area contributed by atoms with Gasteiger partial charge in [0.2, 0.25) is 0 Å². The van der Waals surface area contributed by atoms with Crippen LogP contribution in [0.15, 0.2) is 0 Å². The van der Waals surface area contributed by atoms with E-state index in [4.69, 9.17) is 19.9 Å². The lowest BCUT2D eigenvalue weighted by atomic mass is 10.1. The maximum Gasteiger partial charge on any atom is 0.398 e. The lowest BCUT2D eigenvalue weighted by Crippen LogP contribution is -2.42.